The Balaban J connectivity index is 2.10. The van der Waals surface area contributed by atoms with Gasteiger partial charge in [0.2, 0.25) is 0 Å². The van der Waals surface area contributed by atoms with Crippen molar-refractivity contribution in [3.05, 3.63) is 56.5 Å². The summed E-state index contributed by atoms with van der Waals surface area (Å²) < 4.78 is 36.0. The van der Waals surface area contributed by atoms with Gasteiger partial charge < -0.3 is 9.30 Å². The molecule has 0 saturated carbocycles. The molecule has 0 unspecified atom stereocenters. The first-order chi connectivity index (χ1) is 13.1. The zero-order valence-corrected chi connectivity index (χ0v) is 17.0. The summed E-state index contributed by atoms with van der Waals surface area (Å²) in [6.07, 6.45) is 0. The molecule has 148 valence electrons. The van der Waals surface area contributed by atoms with Crippen molar-refractivity contribution in [2.75, 3.05) is 12.9 Å². The second-order valence-electron chi connectivity index (χ2n) is 6.22. The normalized spacial score (nSPS) is 11.7. The lowest BCUT2D eigenvalue weighted by Crippen LogP contribution is -2.38. The number of esters is 1. The third-order valence-electron chi connectivity index (χ3n) is 4.27. The van der Waals surface area contributed by atoms with Crippen LogP contribution in [0.1, 0.15) is 11.4 Å². The van der Waals surface area contributed by atoms with E-state index in [1.165, 1.54) is 10.6 Å². The zero-order valence-electron chi connectivity index (χ0n) is 15.3. The zero-order chi connectivity index (χ0) is 20.6. The monoisotopic (exact) mass is 423 g/mol. The SMILES string of the molecule is COC(=O)CS(=O)(=O)Cc1nsc2ccc(-n3c(=O)cc(C)n(C)c3=O)cc12. The molecule has 0 radical (unpaired) electrons. The molecule has 0 saturated heterocycles. The second kappa shape index (κ2) is 7.32. The van der Waals surface area contributed by atoms with E-state index in [0.29, 0.717) is 21.5 Å². The van der Waals surface area contributed by atoms with Crippen LogP contribution in [0, 0.1) is 6.92 Å². The molecule has 11 heteroatoms. The number of aryl methyl sites for hydroxylation is 1. The van der Waals surface area contributed by atoms with Gasteiger partial charge in [-0.1, -0.05) is 0 Å². The molecule has 0 atom stereocenters. The van der Waals surface area contributed by atoms with Crippen molar-refractivity contribution in [1.29, 1.82) is 0 Å². The van der Waals surface area contributed by atoms with E-state index in [4.69, 9.17) is 0 Å². The molecular formula is C17H17N3O6S2. The molecule has 0 N–H and O–H groups in total. The van der Waals surface area contributed by atoms with Crippen LogP contribution in [-0.2, 0) is 32.2 Å². The van der Waals surface area contributed by atoms with E-state index in [2.05, 4.69) is 9.11 Å². The number of ether oxygens (including phenoxy) is 1. The van der Waals surface area contributed by atoms with E-state index in [-0.39, 0.29) is 5.69 Å². The van der Waals surface area contributed by atoms with Gasteiger partial charge in [-0.05, 0) is 36.7 Å². The molecule has 9 nitrogen and oxygen atoms in total. The second-order valence-corrected chi connectivity index (χ2v) is 9.09. The first-order valence-corrected chi connectivity index (χ1v) is 10.7. The number of sulfone groups is 1. The number of hydrogen-bond acceptors (Lipinski definition) is 8. The van der Waals surface area contributed by atoms with E-state index in [1.54, 1.807) is 32.2 Å². The van der Waals surface area contributed by atoms with E-state index in [1.807, 2.05) is 0 Å². The van der Waals surface area contributed by atoms with Crippen LogP contribution in [0.25, 0.3) is 15.8 Å². The molecule has 0 aliphatic rings. The van der Waals surface area contributed by atoms with Gasteiger partial charge in [0.15, 0.2) is 9.84 Å². The summed E-state index contributed by atoms with van der Waals surface area (Å²) in [5.41, 5.74) is 0.0992. The fourth-order valence-corrected chi connectivity index (χ4v) is 4.76. The summed E-state index contributed by atoms with van der Waals surface area (Å²) in [5, 5.41) is 0.505. The summed E-state index contributed by atoms with van der Waals surface area (Å²) >= 11 is 1.10. The Kier molecular flexibility index (Phi) is 5.22. The Labute approximate surface area is 163 Å². The minimum Gasteiger partial charge on any atom is -0.468 e. The van der Waals surface area contributed by atoms with Crippen LogP contribution in [-0.4, -0.2) is 40.8 Å². The van der Waals surface area contributed by atoms with Crippen molar-refractivity contribution in [3.8, 4) is 5.69 Å². The average Bonchev–Trinajstić information content (AvgIpc) is 3.01. The Morgan fingerprint density at radius 2 is 1.96 bits per heavy atom. The fourth-order valence-electron chi connectivity index (χ4n) is 2.69. The minimum atomic E-state index is -3.78. The molecule has 0 fully saturated rings. The van der Waals surface area contributed by atoms with Crippen molar-refractivity contribution in [2.45, 2.75) is 12.7 Å². The smallest absolute Gasteiger partial charge is 0.335 e. The predicted molar refractivity (Wildman–Crippen MR) is 105 cm³/mol. The minimum absolute atomic E-state index is 0.253. The predicted octanol–water partition coefficient (Wildman–Crippen LogP) is 0.542. The largest absolute Gasteiger partial charge is 0.468 e. The molecule has 0 bridgehead atoms. The van der Waals surface area contributed by atoms with Crippen LogP contribution in [0.15, 0.2) is 33.9 Å². The van der Waals surface area contributed by atoms with Gasteiger partial charge >= 0.3 is 11.7 Å². The average molecular weight is 423 g/mol. The van der Waals surface area contributed by atoms with E-state index < -0.39 is 38.6 Å². The van der Waals surface area contributed by atoms with Gasteiger partial charge in [-0.15, -0.1) is 0 Å². The van der Waals surface area contributed by atoms with E-state index in [9.17, 15) is 22.8 Å². The van der Waals surface area contributed by atoms with Crippen molar-refractivity contribution < 1.29 is 17.9 Å². The Morgan fingerprint density at radius 3 is 2.64 bits per heavy atom. The lowest BCUT2D eigenvalue weighted by atomic mass is 10.2. The van der Waals surface area contributed by atoms with Gasteiger partial charge in [-0.2, -0.15) is 4.37 Å². The number of hydrogen-bond donors (Lipinski definition) is 0. The van der Waals surface area contributed by atoms with Gasteiger partial charge in [0.1, 0.15) is 5.75 Å². The first kappa shape index (κ1) is 20.0. The van der Waals surface area contributed by atoms with Crippen molar-refractivity contribution in [2.24, 2.45) is 7.05 Å². The molecule has 1 aromatic carbocycles. The topological polar surface area (TPSA) is 117 Å². The third-order valence-corrected chi connectivity index (χ3v) is 6.52. The molecule has 0 aliphatic heterocycles. The Morgan fingerprint density at radius 1 is 1.25 bits per heavy atom. The number of carbonyl (C=O) groups excluding carboxylic acids is 1. The highest BCUT2D eigenvalue weighted by atomic mass is 32.2. The highest BCUT2D eigenvalue weighted by Gasteiger charge is 2.21. The number of rotatable bonds is 5. The Hall–Kier alpha value is -2.79. The molecule has 2 heterocycles. The number of methoxy groups -OCH3 is 1. The van der Waals surface area contributed by atoms with E-state index >= 15 is 0 Å². The summed E-state index contributed by atoms with van der Waals surface area (Å²) in [6, 6.07) is 6.18. The standard InChI is InChI=1S/C17H17N3O6S2/c1-10-6-15(21)20(17(23)19(10)2)11-4-5-14-12(7-11)13(18-27-14)8-28(24,25)9-16(22)26-3/h4-7H,8-9H2,1-3H3. The highest BCUT2D eigenvalue weighted by molar-refractivity contribution is 7.91. The quantitative estimate of drug-likeness (QED) is 0.550. The molecular weight excluding hydrogens is 406 g/mol. The van der Waals surface area contributed by atoms with Crippen LogP contribution in [0.2, 0.25) is 0 Å². The molecule has 2 aromatic heterocycles. The molecule has 3 aromatic rings. The number of aromatic nitrogens is 3. The molecule has 3 rings (SSSR count). The van der Waals surface area contributed by atoms with Crippen molar-refractivity contribution in [3.63, 3.8) is 0 Å². The summed E-state index contributed by atoms with van der Waals surface area (Å²) in [6.45, 7) is 1.66. The van der Waals surface area contributed by atoms with Gasteiger partial charge in [0.05, 0.1) is 28.9 Å². The summed E-state index contributed by atoms with van der Waals surface area (Å²) in [7, 11) is -1.11. The number of nitrogens with zero attached hydrogens (tertiary/aromatic N) is 3. The lowest BCUT2D eigenvalue weighted by molar-refractivity contribution is -0.137. The van der Waals surface area contributed by atoms with Crippen LogP contribution in [0.3, 0.4) is 0 Å². The molecule has 0 amide bonds. The fraction of sp³-hybridized carbons (Fsp3) is 0.294. The van der Waals surface area contributed by atoms with Gasteiger partial charge in [0, 0.05) is 24.2 Å². The Bertz CT molecular complexity index is 1300. The van der Waals surface area contributed by atoms with Crippen LogP contribution >= 0.6 is 11.5 Å². The maximum absolute atomic E-state index is 12.5. The van der Waals surface area contributed by atoms with Crippen LogP contribution < -0.4 is 11.2 Å². The first-order valence-electron chi connectivity index (χ1n) is 8.08. The van der Waals surface area contributed by atoms with Crippen LogP contribution in [0.4, 0.5) is 0 Å². The maximum atomic E-state index is 12.5. The number of benzene rings is 1. The van der Waals surface area contributed by atoms with Crippen molar-refractivity contribution >= 4 is 37.4 Å². The van der Waals surface area contributed by atoms with Gasteiger partial charge in [-0.25, -0.2) is 17.8 Å². The number of fused-ring (bicyclic) bond motifs is 1. The van der Waals surface area contributed by atoms with E-state index in [0.717, 1.165) is 23.2 Å². The lowest BCUT2D eigenvalue weighted by Gasteiger charge is -2.09. The van der Waals surface area contributed by atoms with Crippen molar-refractivity contribution in [1.82, 2.24) is 13.5 Å². The summed E-state index contributed by atoms with van der Waals surface area (Å²) in [5.74, 6) is -2.05. The van der Waals surface area contributed by atoms with Gasteiger partial charge in [-0.3, -0.25) is 9.59 Å². The van der Waals surface area contributed by atoms with Gasteiger partial charge in [0.25, 0.3) is 5.56 Å². The maximum Gasteiger partial charge on any atom is 0.335 e. The van der Waals surface area contributed by atoms with Crippen LogP contribution in [0.5, 0.6) is 0 Å². The number of carbonyl (C=O) groups is 1. The highest BCUT2D eigenvalue weighted by Crippen LogP contribution is 2.26. The third kappa shape index (κ3) is 3.76. The molecule has 0 aliphatic carbocycles. The summed E-state index contributed by atoms with van der Waals surface area (Å²) in [4.78, 5) is 36.2. The molecule has 0 spiro atoms. The molecule has 28 heavy (non-hydrogen) atoms.